The summed E-state index contributed by atoms with van der Waals surface area (Å²) in [4.78, 5) is 0. The summed E-state index contributed by atoms with van der Waals surface area (Å²) in [6.07, 6.45) is 0. The summed E-state index contributed by atoms with van der Waals surface area (Å²) in [5.74, 6) is 0. The Hall–Kier alpha value is -4.69. The van der Waals surface area contributed by atoms with Gasteiger partial charge in [-0.05, 0) is 69.6 Å². The average molecular weight is 723 g/mol. The first kappa shape index (κ1) is 32.5. The van der Waals surface area contributed by atoms with Gasteiger partial charge in [-0.15, -0.1) is 0 Å². The number of fused-ring (bicyclic) bond motifs is 12. The Labute approximate surface area is 298 Å². The second kappa shape index (κ2) is 11.2. The molecule has 0 saturated carbocycles. The molecule has 0 N–H and O–H groups in total. The minimum atomic E-state index is -0.361. The molecule has 0 unspecified atom stereocenters. The van der Waals surface area contributed by atoms with E-state index in [1.807, 2.05) is 0 Å². The van der Waals surface area contributed by atoms with Crippen molar-refractivity contribution >= 4 is 105 Å². The number of para-hydroxylation sites is 4. The third-order valence-corrected chi connectivity index (χ3v) is 11.4. The van der Waals surface area contributed by atoms with Gasteiger partial charge in [0.2, 0.25) is 0 Å². The summed E-state index contributed by atoms with van der Waals surface area (Å²) < 4.78 is 18.6. The van der Waals surface area contributed by atoms with Gasteiger partial charge in [-0.1, -0.05) is 108 Å². The number of hydrogen-bond acceptors (Lipinski definition) is 2. The van der Waals surface area contributed by atoms with Gasteiger partial charge in [0, 0.05) is 47.6 Å². The Morgan fingerprint density at radius 3 is 1.12 bits per heavy atom. The molecule has 50 heavy (non-hydrogen) atoms. The number of halogens is 2. The largest absolute Gasteiger partial charge is 0.494 e. The van der Waals surface area contributed by atoms with Crippen LogP contribution in [0.1, 0.15) is 35.1 Å². The summed E-state index contributed by atoms with van der Waals surface area (Å²) in [6, 6.07) is 43.5. The van der Waals surface area contributed by atoms with Crippen LogP contribution in [0.4, 0.5) is 4.70 Å². The Kier molecular flexibility index (Phi) is 7.26. The molecule has 1 fully saturated rings. The lowest BCUT2D eigenvalue weighted by Crippen LogP contribution is -2.41. The lowest BCUT2D eigenvalue weighted by Gasteiger charge is -2.32. The van der Waals surface area contributed by atoms with Crippen LogP contribution in [0.15, 0.2) is 126 Å². The van der Waals surface area contributed by atoms with E-state index in [1.54, 1.807) is 0 Å². The molecular formula is C43H37BBrFN2O2. The highest BCUT2D eigenvalue weighted by atomic mass is 79.9. The molecular weight excluding hydrogens is 686 g/mol. The maximum atomic E-state index is 6.36. The summed E-state index contributed by atoms with van der Waals surface area (Å²) in [7, 11) is -0.361. The highest BCUT2D eigenvalue weighted by Gasteiger charge is 2.51. The average Bonchev–Trinajstić information content (AvgIpc) is 3.85. The predicted molar refractivity (Wildman–Crippen MR) is 215 cm³/mol. The first-order valence-corrected chi connectivity index (χ1v) is 17.4. The smallest absolute Gasteiger partial charge is 0.399 e. The van der Waals surface area contributed by atoms with Gasteiger partial charge in [0.15, 0.2) is 0 Å². The monoisotopic (exact) mass is 722 g/mol. The van der Waals surface area contributed by atoms with Crippen LogP contribution in [0, 0.1) is 0 Å². The molecule has 0 bridgehead atoms. The van der Waals surface area contributed by atoms with Crippen molar-refractivity contribution in [3.05, 3.63) is 126 Å². The minimum Gasteiger partial charge on any atom is -0.399 e. The van der Waals surface area contributed by atoms with Gasteiger partial charge < -0.3 is 18.1 Å². The van der Waals surface area contributed by atoms with Gasteiger partial charge in [0.25, 0.3) is 0 Å². The second-order valence-electron chi connectivity index (χ2n) is 14.1. The van der Waals surface area contributed by atoms with Gasteiger partial charge in [-0.3, -0.25) is 4.70 Å². The lowest BCUT2D eigenvalue weighted by atomic mass is 9.77. The molecule has 248 valence electrons. The van der Waals surface area contributed by atoms with E-state index in [4.69, 9.17) is 9.31 Å². The molecule has 7 heteroatoms. The molecule has 5 heterocycles. The fourth-order valence-electron chi connectivity index (χ4n) is 8.00. The van der Waals surface area contributed by atoms with E-state index < -0.39 is 0 Å². The van der Waals surface area contributed by atoms with E-state index in [0.29, 0.717) is 0 Å². The topological polar surface area (TPSA) is 27.3 Å². The molecule has 10 aromatic rings. The Bertz CT molecular complexity index is 2710. The van der Waals surface area contributed by atoms with Crippen LogP contribution in [0.2, 0.25) is 0 Å². The molecule has 0 atom stereocenters. The van der Waals surface area contributed by atoms with Gasteiger partial charge in [-0.25, -0.2) is 0 Å². The van der Waals surface area contributed by atoms with Gasteiger partial charge in [-0.2, -0.15) is 0 Å². The van der Waals surface area contributed by atoms with E-state index in [-0.39, 0.29) is 30.5 Å². The van der Waals surface area contributed by atoms with Crippen LogP contribution in [-0.4, -0.2) is 27.1 Å². The lowest BCUT2D eigenvalue weighted by molar-refractivity contribution is 0.00578. The van der Waals surface area contributed by atoms with E-state index in [2.05, 4.69) is 174 Å². The predicted octanol–water partition coefficient (Wildman–Crippen LogP) is 11.5. The normalized spacial score (nSPS) is 15.5. The molecule has 1 aliphatic heterocycles. The van der Waals surface area contributed by atoms with Crippen LogP contribution in [0.5, 0.6) is 0 Å². The summed E-state index contributed by atoms with van der Waals surface area (Å²) >= 11 is 3.66. The fraction of sp³-hybridized carbons (Fsp3) is 0.163. The van der Waals surface area contributed by atoms with Gasteiger partial charge in [0.1, 0.15) is 0 Å². The maximum absolute atomic E-state index is 6.36. The molecule has 0 amide bonds. The number of nitrogens with zero attached hydrogens (tertiary/aromatic N) is 2. The van der Waals surface area contributed by atoms with Crippen molar-refractivity contribution in [1.29, 1.82) is 0 Å². The van der Waals surface area contributed by atoms with Gasteiger partial charge >= 0.3 is 7.12 Å². The molecule has 6 aromatic carbocycles. The van der Waals surface area contributed by atoms with Crippen molar-refractivity contribution in [2.24, 2.45) is 0 Å². The van der Waals surface area contributed by atoms with Crippen molar-refractivity contribution < 1.29 is 14.0 Å². The van der Waals surface area contributed by atoms with E-state index in [9.17, 15) is 0 Å². The Balaban J connectivity index is 0.000000146. The molecule has 1 saturated heterocycles. The highest BCUT2D eigenvalue weighted by molar-refractivity contribution is 9.10. The fourth-order valence-corrected chi connectivity index (χ4v) is 8.46. The third kappa shape index (κ3) is 4.30. The Morgan fingerprint density at radius 1 is 0.480 bits per heavy atom. The molecule has 4 nitrogen and oxygen atoms in total. The van der Waals surface area contributed by atoms with Crippen LogP contribution >= 0.6 is 15.9 Å². The zero-order valence-electron chi connectivity index (χ0n) is 27.6. The van der Waals surface area contributed by atoms with Gasteiger partial charge in [0.05, 0.1) is 44.3 Å². The van der Waals surface area contributed by atoms with Crippen molar-refractivity contribution in [3.63, 3.8) is 0 Å². The quantitative estimate of drug-likeness (QED) is 0.158. The van der Waals surface area contributed by atoms with Crippen molar-refractivity contribution in [3.8, 4) is 0 Å². The minimum absolute atomic E-state index is 0. The summed E-state index contributed by atoms with van der Waals surface area (Å²) in [5, 5.41) is 10.3. The molecule has 0 spiro atoms. The number of benzene rings is 6. The van der Waals surface area contributed by atoms with E-state index in [1.165, 1.54) is 76.2 Å². The summed E-state index contributed by atoms with van der Waals surface area (Å²) in [6.45, 7) is 8.41. The van der Waals surface area contributed by atoms with E-state index >= 15 is 0 Å². The first-order chi connectivity index (χ1) is 23.2. The summed E-state index contributed by atoms with van der Waals surface area (Å²) in [5.41, 5.74) is 8.06. The Morgan fingerprint density at radius 2 is 0.780 bits per heavy atom. The third-order valence-electron chi connectivity index (χ3n) is 10.9. The molecule has 4 aromatic heterocycles. The SMILES string of the molecule is Brc1cc2c3ccccc3n3c4ccccc4c(c1)c23.C.CC1(C)OB(c2cc3c4ccccc4n4c5ccccc5c(c2)c34)OC1(C)C.F. The number of aromatic nitrogens is 2. The first-order valence-electron chi connectivity index (χ1n) is 16.6. The second-order valence-corrected chi connectivity index (χ2v) is 15.1. The standard InChI is InChI=1S/C24H22BNO2.C18H10BrN.CH4.FH/c1-23(2)24(3,4)28-25(27-23)15-13-18-16-9-5-7-11-20(16)26-21-12-8-6-10-17(21)19(14-15)22(18)26;19-11-9-14-12-5-1-3-7-16(12)20-17-8-4-2-6-13(17)15(10-11)18(14)20;;/h5-14H,1-4H3;1-10H;1H4;1H. The van der Waals surface area contributed by atoms with Crippen molar-refractivity contribution in [2.45, 2.75) is 46.3 Å². The van der Waals surface area contributed by atoms with Crippen LogP contribution in [0.25, 0.3) is 76.2 Å². The van der Waals surface area contributed by atoms with Crippen LogP contribution < -0.4 is 5.46 Å². The molecule has 0 aliphatic carbocycles. The maximum Gasteiger partial charge on any atom is 0.494 e. The van der Waals surface area contributed by atoms with Crippen LogP contribution in [-0.2, 0) is 9.31 Å². The zero-order valence-corrected chi connectivity index (χ0v) is 29.2. The van der Waals surface area contributed by atoms with E-state index in [0.717, 1.165) is 9.94 Å². The number of rotatable bonds is 1. The van der Waals surface area contributed by atoms with Crippen molar-refractivity contribution in [2.75, 3.05) is 0 Å². The zero-order chi connectivity index (χ0) is 32.5. The van der Waals surface area contributed by atoms with Crippen molar-refractivity contribution in [1.82, 2.24) is 8.80 Å². The highest BCUT2D eigenvalue weighted by Crippen LogP contribution is 2.42. The number of hydrogen-bond donors (Lipinski definition) is 0. The molecule has 0 radical (unpaired) electrons. The molecule has 11 rings (SSSR count). The molecule has 1 aliphatic rings. The van der Waals surface area contributed by atoms with Crippen LogP contribution in [0.3, 0.4) is 0 Å².